The van der Waals surface area contributed by atoms with E-state index in [1.54, 1.807) is 0 Å². The second kappa shape index (κ2) is 3.53. The minimum Gasteiger partial charge on any atom is -0.391 e. The summed E-state index contributed by atoms with van der Waals surface area (Å²) in [6, 6.07) is 0. The minimum atomic E-state index is -1.01. The van der Waals surface area contributed by atoms with Crippen LogP contribution in [0.2, 0.25) is 0 Å². The van der Waals surface area contributed by atoms with Gasteiger partial charge in [-0.3, -0.25) is 4.79 Å². The number of thiol groups is 1. The van der Waals surface area contributed by atoms with Crippen LogP contribution in [0.5, 0.6) is 0 Å². The van der Waals surface area contributed by atoms with Gasteiger partial charge in [-0.25, -0.2) is 0 Å². The molecule has 5 heteroatoms. The molecule has 4 atom stereocenters. The highest BCUT2D eigenvalue weighted by Crippen LogP contribution is 2.19. The summed E-state index contributed by atoms with van der Waals surface area (Å²) in [5.74, 6) is 0. The molecule has 0 spiro atoms. The monoisotopic (exact) mass is 179 g/mol. The van der Waals surface area contributed by atoms with Crippen molar-refractivity contribution in [1.82, 2.24) is 0 Å². The van der Waals surface area contributed by atoms with Crippen LogP contribution in [0.15, 0.2) is 0 Å². The van der Waals surface area contributed by atoms with Crippen LogP contribution in [0.4, 0.5) is 0 Å². The molecule has 4 nitrogen and oxygen atoms in total. The number of aldehydes is 1. The molecule has 0 radical (unpaired) electrons. The maximum atomic E-state index is 10.3. The van der Waals surface area contributed by atoms with E-state index >= 15 is 0 Å². The Hall–Kier alpha value is -0.100. The fraction of sp³-hybridized carbons (Fsp3) is 0.833. The molecule has 1 saturated heterocycles. The first kappa shape index (κ1) is 8.99. The molecule has 0 aromatic heterocycles. The molecule has 4 unspecified atom stereocenters. The van der Waals surface area contributed by atoms with E-state index in [1.165, 1.54) is 0 Å². The average Bonchev–Trinajstić information content (AvgIpc) is 2.30. The molecule has 0 bridgehead atoms. The Bertz CT molecular complexity index is 152. The molecule has 1 rings (SSSR count). The summed E-state index contributed by atoms with van der Waals surface area (Å²) in [7, 11) is 0. The quantitative estimate of drug-likeness (QED) is 0.248. The predicted octanol–water partition coefficient (Wildman–Crippen LogP) is -2.53. The van der Waals surface area contributed by atoms with Crippen LogP contribution in [-0.2, 0) is 16.6 Å². The van der Waals surface area contributed by atoms with Gasteiger partial charge in [0.25, 0.3) is 0 Å². The molecule has 1 aliphatic heterocycles. The Labute approximate surface area is 68.2 Å². The second-order valence-corrected chi connectivity index (χ2v) is 4.06. The highest BCUT2D eigenvalue weighted by atomic mass is 32.2. The fourth-order valence-corrected chi connectivity index (χ4v) is 2.41. The molecule has 64 valence electrons. The third-order valence-corrected chi connectivity index (χ3v) is 3.41. The van der Waals surface area contributed by atoms with Crippen molar-refractivity contribution in [3.05, 3.63) is 0 Å². The Morgan fingerprint density at radius 1 is 1.36 bits per heavy atom. The zero-order valence-electron chi connectivity index (χ0n) is 5.79. The molecule has 0 amide bonds. The molecule has 0 saturated carbocycles. The van der Waals surface area contributed by atoms with Gasteiger partial charge in [-0.05, 0) is 11.8 Å². The maximum absolute atomic E-state index is 10.3. The van der Waals surface area contributed by atoms with Crippen LogP contribution in [-0.4, -0.2) is 50.9 Å². The van der Waals surface area contributed by atoms with E-state index in [1.807, 2.05) is 0 Å². The first-order chi connectivity index (χ1) is 5.20. The van der Waals surface area contributed by atoms with Gasteiger partial charge in [0.15, 0.2) is 16.8 Å². The van der Waals surface area contributed by atoms with E-state index in [4.69, 9.17) is 10.2 Å². The number of aliphatic hydroxyl groups excluding tert-OH is 3. The van der Waals surface area contributed by atoms with E-state index in [0.29, 0.717) is 18.0 Å². The van der Waals surface area contributed by atoms with Crippen LogP contribution in [0, 0.1) is 0 Å². The van der Waals surface area contributed by atoms with Crippen molar-refractivity contribution in [1.29, 1.82) is 0 Å². The number of carbonyl (C=O) groups is 1. The molecule has 1 aliphatic rings. The lowest BCUT2D eigenvalue weighted by atomic mass is 10.1. The van der Waals surface area contributed by atoms with Crippen molar-refractivity contribution in [2.75, 3.05) is 6.61 Å². The van der Waals surface area contributed by atoms with Crippen molar-refractivity contribution in [2.24, 2.45) is 0 Å². The first-order valence-electron chi connectivity index (χ1n) is 3.33. The van der Waals surface area contributed by atoms with Crippen LogP contribution in [0.3, 0.4) is 0 Å². The largest absolute Gasteiger partial charge is 0.391 e. The molecule has 0 aliphatic carbocycles. The van der Waals surface area contributed by atoms with Gasteiger partial charge in [0, 0.05) is 0 Å². The van der Waals surface area contributed by atoms with Crippen molar-refractivity contribution >= 4 is 18.0 Å². The van der Waals surface area contributed by atoms with Crippen LogP contribution in [0.1, 0.15) is 0 Å². The third-order valence-electron chi connectivity index (χ3n) is 1.78. The number of rotatable bonds is 2. The van der Waals surface area contributed by atoms with Crippen LogP contribution in [0.25, 0.3) is 0 Å². The first-order valence-corrected chi connectivity index (χ1v) is 4.36. The summed E-state index contributed by atoms with van der Waals surface area (Å²) in [6.07, 6.45) is -1.35. The van der Waals surface area contributed by atoms with E-state index < -0.39 is 17.5 Å². The fourth-order valence-electron chi connectivity index (χ4n) is 1.10. The summed E-state index contributed by atoms with van der Waals surface area (Å²) >= 11 is 0.621. The number of carbonyl (C=O) groups excluding carboxylic acids is 1. The van der Waals surface area contributed by atoms with E-state index in [9.17, 15) is 9.90 Å². The van der Waals surface area contributed by atoms with Gasteiger partial charge in [0.1, 0.15) is 12.2 Å². The SMILES string of the molecule is O=CC1[SH+]C(CO)C(O)C1O. The van der Waals surface area contributed by atoms with Crippen LogP contribution >= 0.6 is 0 Å². The summed E-state index contributed by atoms with van der Waals surface area (Å²) < 4.78 is 0. The standard InChI is InChI=1S/C6H10O4S/c7-1-3-5(9)6(10)4(2-8)11-3/h1,3-6,8-10H,2H2/p+1. The molecular formula is C6H11O4S+. The Morgan fingerprint density at radius 2 is 2.00 bits per heavy atom. The third kappa shape index (κ3) is 1.56. The van der Waals surface area contributed by atoms with Crippen molar-refractivity contribution < 1.29 is 20.1 Å². The van der Waals surface area contributed by atoms with E-state index in [-0.39, 0.29) is 11.9 Å². The van der Waals surface area contributed by atoms with Gasteiger partial charge in [0.05, 0.1) is 6.61 Å². The zero-order chi connectivity index (χ0) is 8.43. The molecule has 0 aromatic rings. The summed E-state index contributed by atoms with van der Waals surface area (Å²) in [6.45, 7) is -0.190. The second-order valence-electron chi connectivity index (χ2n) is 2.51. The average molecular weight is 179 g/mol. The van der Waals surface area contributed by atoms with Crippen molar-refractivity contribution in [3.63, 3.8) is 0 Å². The predicted molar refractivity (Wildman–Crippen MR) is 41.5 cm³/mol. The minimum absolute atomic E-state index is 0.190. The van der Waals surface area contributed by atoms with E-state index in [0.717, 1.165) is 0 Å². The summed E-state index contributed by atoms with van der Waals surface area (Å²) in [4.78, 5) is 10.3. The molecule has 11 heavy (non-hydrogen) atoms. The topological polar surface area (TPSA) is 77.8 Å². The van der Waals surface area contributed by atoms with Gasteiger partial charge in [-0.15, -0.1) is 0 Å². The molecule has 0 aromatic carbocycles. The van der Waals surface area contributed by atoms with Gasteiger partial charge < -0.3 is 15.3 Å². The number of aliphatic hydroxyl groups is 3. The highest BCUT2D eigenvalue weighted by Gasteiger charge is 2.48. The van der Waals surface area contributed by atoms with Crippen molar-refractivity contribution in [3.8, 4) is 0 Å². The smallest absolute Gasteiger partial charge is 0.199 e. The maximum Gasteiger partial charge on any atom is 0.199 e. The van der Waals surface area contributed by atoms with Gasteiger partial charge in [-0.1, -0.05) is 0 Å². The number of hydrogen-bond acceptors (Lipinski definition) is 4. The van der Waals surface area contributed by atoms with Gasteiger partial charge in [0.2, 0.25) is 0 Å². The van der Waals surface area contributed by atoms with Gasteiger partial charge >= 0.3 is 0 Å². The lowest BCUT2D eigenvalue weighted by molar-refractivity contribution is -0.110. The number of hydrogen-bond donors (Lipinski definition) is 3. The van der Waals surface area contributed by atoms with Crippen molar-refractivity contribution in [2.45, 2.75) is 22.7 Å². The molecule has 3 N–H and O–H groups in total. The Balaban J connectivity index is 2.60. The normalized spacial score (nSPS) is 44.3. The zero-order valence-corrected chi connectivity index (χ0v) is 6.69. The Morgan fingerprint density at radius 3 is 2.27 bits per heavy atom. The summed E-state index contributed by atoms with van der Waals surface area (Å²) in [5.41, 5.74) is 0. The van der Waals surface area contributed by atoms with E-state index in [2.05, 4.69) is 0 Å². The molecular weight excluding hydrogens is 168 g/mol. The lowest BCUT2D eigenvalue weighted by Gasteiger charge is -2.06. The summed E-state index contributed by atoms with van der Waals surface area (Å²) in [5, 5.41) is 26.1. The highest BCUT2D eigenvalue weighted by molar-refractivity contribution is 7.81. The van der Waals surface area contributed by atoms with Gasteiger partial charge in [-0.2, -0.15) is 0 Å². The lowest BCUT2D eigenvalue weighted by Crippen LogP contribution is -2.34. The Kier molecular flexibility index (Phi) is 2.89. The van der Waals surface area contributed by atoms with Crippen LogP contribution < -0.4 is 0 Å². The molecule has 1 fully saturated rings. The molecule has 1 heterocycles.